The van der Waals surface area contributed by atoms with Crippen LogP contribution in [0.25, 0.3) is 10.9 Å². The molecule has 0 spiro atoms. The molecule has 3 rings (SSSR count). The number of thiocarbonyl (C=S) groups is 1. The highest BCUT2D eigenvalue weighted by Crippen LogP contribution is 2.33. The van der Waals surface area contributed by atoms with Crippen molar-refractivity contribution < 1.29 is 18.7 Å². The number of carbonyl (C=O) groups is 1. The summed E-state index contributed by atoms with van der Waals surface area (Å²) in [5, 5.41) is 0.729. The lowest BCUT2D eigenvalue weighted by Crippen LogP contribution is -2.14. The third-order valence-electron chi connectivity index (χ3n) is 5.19. The minimum Gasteiger partial charge on any atom is -0.494 e. The monoisotopic (exact) mass is 427 g/mol. The normalized spacial score (nSPS) is 11.0. The molecule has 0 atom stereocenters. The van der Waals surface area contributed by atoms with Crippen LogP contribution in [0.1, 0.15) is 42.1 Å². The summed E-state index contributed by atoms with van der Waals surface area (Å²) in [5.41, 5.74) is 4.13. The molecule has 0 fully saturated rings. The molecule has 0 aliphatic heterocycles. The molecule has 0 amide bonds. The summed E-state index contributed by atoms with van der Waals surface area (Å²) >= 11 is 5.76. The highest BCUT2D eigenvalue weighted by molar-refractivity contribution is 7.80. The smallest absolute Gasteiger partial charge is 0.310 e. The van der Waals surface area contributed by atoms with E-state index in [1.165, 1.54) is 13.2 Å². The van der Waals surface area contributed by atoms with Crippen LogP contribution in [0.2, 0.25) is 0 Å². The molecule has 0 radical (unpaired) electrons. The fourth-order valence-electron chi connectivity index (χ4n) is 3.47. The van der Waals surface area contributed by atoms with Crippen molar-refractivity contribution in [1.82, 2.24) is 4.57 Å². The van der Waals surface area contributed by atoms with Gasteiger partial charge in [-0.2, -0.15) is 0 Å². The second-order valence-corrected chi connectivity index (χ2v) is 7.71. The van der Waals surface area contributed by atoms with Crippen molar-refractivity contribution in [2.45, 2.75) is 40.0 Å². The molecule has 0 N–H and O–H groups in total. The zero-order valence-corrected chi connectivity index (χ0v) is 18.6. The average molecular weight is 428 g/mol. The first kappa shape index (κ1) is 22.0. The van der Waals surface area contributed by atoms with Crippen molar-refractivity contribution >= 4 is 34.1 Å². The number of nitrogens with zero attached hydrogens (tertiary/aromatic N) is 1. The summed E-state index contributed by atoms with van der Waals surface area (Å²) < 4.78 is 26.9. The zero-order chi connectivity index (χ0) is 21.8. The van der Waals surface area contributed by atoms with E-state index in [-0.39, 0.29) is 18.1 Å². The molecule has 3 aromatic rings. The van der Waals surface area contributed by atoms with Gasteiger partial charge in [0.25, 0.3) is 0 Å². The number of rotatable bonds is 7. The number of aromatic nitrogens is 1. The van der Waals surface area contributed by atoms with E-state index in [0.717, 1.165) is 40.6 Å². The van der Waals surface area contributed by atoms with Gasteiger partial charge in [0.05, 0.1) is 25.7 Å². The minimum atomic E-state index is -0.479. The summed E-state index contributed by atoms with van der Waals surface area (Å²) in [6.07, 6.45) is 1.86. The molecule has 0 unspecified atom stereocenters. The number of fused-ring (bicyclic) bond motifs is 1. The topological polar surface area (TPSA) is 40.5 Å². The van der Waals surface area contributed by atoms with Crippen LogP contribution in [-0.4, -0.2) is 29.2 Å². The maximum atomic E-state index is 14.6. The fourth-order valence-corrected chi connectivity index (χ4v) is 3.84. The van der Waals surface area contributed by atoms with Crippen LogP contribution >= 0.6 is 12.2 Å². The van der Waals surface area contributed by atoms with Crippen LogP contribution in [0, 0.1) is 19.7 Å². The third kappa shape index (κ3) is 4.38. The number of hydrogen-bond donors (Lipinski definition) is 0. The van der Waals surface area contributed by atoms with Gasteiger partial charge in [-0.25, -0.2) is 4.39 Å². The number of halogens is 1. The van der Waals surface area contributed by atoms with Gasteiger partial charge in [0.15, 0.2) is 11.6 Å². The molecule has 0 aliphatic carbocycles. The fraction of sp³-hybridized carbons (Fsp3) is 0.333. The standard InChI is InChI=1S/C24H26FNO3S/c1-5-6-11-29-23(27)13-18-16(3)26(24(30)17-9-7-15(2)8-10-17)21-14-20(25)22(28-4)12-19(18)21/h7-10,12,14H,5-6,11,13H2,1-4H3. The third-order valence-corrected chi connectivity index (χ3v) is 5.61. The van der Waals surface area contributed by atoms with Crippen LogP contribution in [0.15, 0.2) is 36.4 Å². The molecule has 158 valence electrons. The summed E-state index contributed by atoms with van der Waals surface area (Å²) in [5.74, 6) is -0.663. The van der Waals surface area contributed by atoms with E-state index < -0.39 is 5.82 Å². The van der Waals surface area contributed by atoms with Crippen LogP contribution in [0.5, 0.6) is 5.75 Å². The van der Waals surface area contributed by atoms with Gasteiger partial charge in [0.2, 0.25) is 0 Å². The Morgan fingerprint density at radius 2 is 1.87 bits per heavy atom. The molecule has 1 heterocycles. The van der Waals surface area contributed by atoms with Crippen LogP contribution in [0.4, 0.5) is 4.39 Å². The predicted molar refractivity (Wildman–Crippen MR) is 121 cm³/mol. The van der Waals surface area contributed by atoms with E-state index >= 15 is 0 Å². The highest BCUT2D eigenvalue weighted by Gasteiger charge is 2.22. The molecule has 0 aliphatic rings. The van der Waals surface area contributed by atoms with Gasteiger partial charge >= 0.3 is 5.97 Å². The van der Waals surface area contributed by atoms with E-state index in [9.17, 15) is 9.18 Å². The van der Waals surface area contributed by atoms with E-state index in [1.54, 1.807) is 6.07 Å². The first-order chi connectivity index (χ1) is 14.4. The van der Waals surface area contributed by atoms with E-state index in [2.05, 4.69) is 0 Å². The lowest BCUT2D eigenvalue weighted by Gasteiger charge is -2.11. The summed E-state index contributed by atoms with van der Waals surface area (Å²) in [4.78, 5) is 13.0. The quantitative estimate of drug-likeness (QED) is 0.283. The Bertz CT molecular complexity index is 1090. The molecule has 6 heteroatoms. The summed E-state index contributed by atoms with van der Waals surface area (Å²) in [6.45, 7) is 6.33. The van der Waals surface area contributed by atoms with Gasteiger partial charge in [0.1, 0.15) is 4.99 Å². The largest absolute Gasteiger partial charge is 0.494 e. The Morgan fingerprint density at radius 1 is 1.17 bits per heavy atom. The van der Waals surface area contributed by atoms with Crippen molar-refractivity contribution in [3.05, 3.63) is 64.6 Å². The Labute approximate surface area is 181 Å². The number of methoxy groups -OCH3 is 1. The number of benzene rings is 2. The molecule has 1 aromatic heterocycles. The zero-order valence-electron chi connectivity index (χ0n) is 17.8. The highest BCUT2D eigenvalue weighted by atomic mass is 32.1. The van der Waals surface area contributed by atoms with Gasteiger partial charge in [-0.3, -0.25) is 4.79 Å². The maximum absolute atomic E-state index is 14.6. The number of esters is 1. The first-order valence-corrected chi connectivity index (χ1v) is 10.4. The number of unbranched alkanes of at least 4 members (excludes halogenated alkanes) is 1. The SMILES string of the molecule is CCCCOC(=O)Cc1c(C)n(C(=S)c2ccc(C)cc2)c2cc(F)c(OC)cc12. The van der Waals surface area contributed by atoms with Gasteiger partial charge in [-0.15, -0.1) is 0 Å². The molecule has 0 saturated carbocycles. The molecule has 30 heavy (non-hydrogen) atoms. The van der Waals surface area contributed by atoms with Gasteiger partial charge in [-0.05, 0) is 31.9 Å². The number of ether oxygens (including phenoxy) is 2. The molecule has 0 bridgehead atoms. The first-order valence-electron chi connectivity index (χ1n) is 10.0. The van der Waals surface area contributed by atoms with Gasteiger partial charge in [0, 0.05) is 22.7 Å². The molecular weight excluding hydrogens is 401 g/mol. The second kappa shape index (κ2) is 9.39. The number of carbonyl (C=O) groups excluding carboxylic acids is 1. The molecule has 2 aromatic carbocycles. The minimum absolute atomic E-state index is 0.0876. The van der Waals surface area contributed by atoms with Crippen molar-refractivity contribution in [2.75, 3.05) is 13.7 Å². The van der Waals surface area contributed by atoms with Crippen molar-refractivity contribution in [3.8, 4) is 5.75 Å². The average Bonchev–Trinajstić information content (AvgIpc) is 2.98. The van der Waals surface area contributed by atoms with Gasteiger partial charge in [-0.1, -0.05) is 55.4 Å². The molecule has 0 saturated heterocycles. The van der Waals surface area contributed by atoms with Crippen LogP contribution in [-0.2, 0) is 16.0 Å². The second-order valence-electron chi connectivity index (χ2n) is 7.33. The van der Waals surface area contributed by atoms with Crippen molar-refractivity contribution in [2.24, 2.45) is 0 Å². The molecular formula is C24H26FNO3S. The summed E-state index contributed by atoms with van der Waals surface area (Å²) in [7, 11) is 1.42. The lowest BCUT2D eigenvalue weighted by molar-refractivity contribution is -0.142. The Hall–Kier alpha value is -2.73. The Kier molecular flexibility index (Phi) is 6.87. The summed E-state index contributed by atoms with van der Waals surface area (Å²) in [6, 6.07) is 10.9. The lowest BCUT2D eigenvalue weighted by atomic mass is 10.1. The van der Waals surface area contributed by atoms with Crippen LogP contribution in [0.3, 0.4) is 0 Å². The predicted octanol–water partition coefficient (Wildman–Crippen LogP) is 5.52. The molecule has 4 nitrogen and oxygen atoms in total. The maximum Gasteiger partial charge on any atom is 0.310 e. The Balaban J connectivity index is 2.11. The van der Waals surface area contributed by atoms with Gasteiger partial charge < -0.3 is 14.0 Å². The van der Waals surface area contributed by atoms with Crippen molar-refractivity contribution in [3.63, 3.8) is 0 Å². The van der Waals surface area contributed by atoms with E-state index in [0.29, 0.717) is 17.1 Å². The Morgan fingerprint density at radius 3 is 2.50 bits per heavy atom. The number of hydrogen-bond acceptors (Lipinski definition) is 4. The van der Waals surface area contributed by atoms with Crippen molar-refractivity contribution in [1.29, 1.82) is 0 Å². The van der Waals surface area contributed by atoms with E-state index in [4.69, 9.17) is 21.7 Å². The number of aryl methyl sites for hydroxylation is 1. The van der Waals surface area contributed by atoms with Crippen LogP contribution < -0.4 is 4.74 Å². The van der Waals surface area contributed by atoms with E-state index in [1.807, 2.05) is 49.6 Å².